The molecule has 3 atom stereocenters. The molecule has 0 saturated carbocycles. The van der Waals surface area contributed by atoms with Crippen molar-refractivity contribution < 1.29 is 23.5 Å². The molecule has 1 N–H and O–H groups in total. The van der Waals surface area contributed by atoms with Crippen molar-refractivity contribution in [3.05, 3.63) is 94.8 Å². The first kappa shape index (κ1) is 29.8. The van der Waals surface area contributed by atoms with E-state index in [1.54, 1.807) is 24.0 Å². The number of amides is 2. The molecule has 222 valence electrons. The lowest BCUT2D eigenvalue weighted by molar-refractivity contribution is -0.123. The van der Waals surface area contributed by atoms with Crippen LogP contribution in [0.1, 0.15) is 73.1 Å². The topological polar surface area (TPSA) is 67.9 Å². The van der Waals surface area contributed by atoms with Crippen LogP contribution in [-0.2, 0) is 14.9 Å². The van der Waals surface area contributed by atoms with E-state index in [0.717, 1.165) is 35.6 Å². The molecular formula is C35H41FN2O4. The fourth-order valence-electron chi connectivity index (χ4n) is 5.95. The van der Waals surface area contributed by atoms with Crippen molar-refractivity contribution in [2.45, 2.75) is 58.4 Å². The predicted molar refractivity (Wildman–Crippen MR) is 162 cm³/mol. The maximum Gasteiger partial charge on any atom is 0.257 e. The third kappa shape index (κ3) is 6.67. The zero-order valence-electron chi connectivity index (χ0n) is 25.0. The number of ether oxygens (including phenoxy) is 2. The Kier molecular flexibility index (Phi) is 8.97. The number of benzene rings is 3. The van der Waals surface area contributed by atoms with Gasteiger partial charge in [0, 0.05) is 24.8 Å². The highest BCUT2D eigenvalue weighted by atomic mass is 19.1. The molecule has 2 aliphatic heterocycles. The molecule has 42 heavy (non-hydrogen) atoms. The molecule has 1 unspecified atom stereocenters. The normalized spacial score (nSPS) is 20.8. The van der Waals surface area contributed by atoms with E-state index in [1.165, 1.54) is 6.07 Å². The van der Waals surface area contributed by atoms with Gasteiger partial charge in [-0.25, -0.2) is 4.39 Å². The van der Waals surface area contributed by atoms with Crippen LogP contribution in [0.15, 0.2) is 66.7 Å². The molecular weight excluding hydrogens is 531 g/mol. The third-order valence-electron chi connectivity index (χ3n) is 8.39. The predicted octanol–water partition coefficient (Wildman–Crippen LogP) is 7.08. The molecule has 0 bridgehead atoms. The lowest BCUT2D eigenvalue weighted by Crippen LogP contribution is -2.46. The number of carbonyl (C=O) groups is 2. The summed E-state index contributed by atoms with van der Waals surface area (Å²) in [5, 5.41) is 3.12. The van der Waals surface area contributed by atoms with Crippen LogP contribution >= 0.6 is 0 Å². The molecule has 2 heterocycles. The quantitative estimate of drug-likeness (QED) is 0.329. The average Bonchev–Trinajstić information content (AvgIpc) is 3.49. The maximum absolute atomic E-state index is 15.0. The van der Waals surface area contributed by atoms with Crippen molar-refractivity contribution in [3.63, 3.8) is 0 Å². The number of hydrogen-bond donors (Lipinski definition) is 1. The van der Waals surface area contributed by atoms with E-state index in [4.69, 9.17) is 9.47 Å². The van der Waals surface area contributed by atoms with E-state index in [0.29, 0.717) is 44.1 Å². The Morgan fingerprint density at radius 3 is 2.50 bits per heavy atom. The summed E-state index contributed by atoms with van der Waals surface area (Å²) in [4.78, 5) is 29.5. The molecule has 7 heteroatoms. The van der Waals surface area contributed by atoms with Gasteiger partial charge in [0.25, 0.3) is 5.91 Å². The second-order valence-electron chi connectivity index (χ2n) is 12.6. The highest BCUT2D eigenvalue weighted by Gasteiger charge is 2.40. The average molecular weight is 573 g/mol. The number of halogens is 1. The standard InChI is InChI=1S/C35H41FN2O4/c1-23-8-5-12-30(36)31(23)34(40)38-18-7-11-29(33(39)37-27-10-6-9-26(20-27)35(2,3)4)32(38)25-13-15-28(16-14-25)42-22-24-17-19-41-21-24/h5-6,8-10,12-16,20,24,29,32H,7,11,17-19,21-22H2,1-4H3,(H,37,39)/t24?,29-,32-/m0/s1. The van der Waals surface area contributed by atoms with E-state index < -0.39 is 23.7 Å². The van der Waals surface area contributed by atoms with Gasteiger partial charge < -0.3 is 19.7 Å². The zero-order valence-corrected chi connectivity index (χ0v) is 25.0. The fourth-order valence-corrected chi connectivity index (χ4v) is 5.95. The largest absolute Gasteiger partial charge is 0.493 e. The van der Waals surface area contributed by atoms with Crippen LogP contribution in [0.25, 0.3) is 0 Å². The summed E-state index contributed by atoms with van der Waals surface area (Å²) in [6.07, 6.45) is 2.23. The lowest BCUT2D eigenvalue weighted by atomic mass is 9.83. The van der Waals surface area contributed by atoms with Gasteiger partial charge in [-0.2, -0.15) is 0 Å². The van der Waals surface area contributed by atoms with Crippen molar-refractivity contribution in [3.8, 4) is 5.75 Å². The van der Waals surface area contributed by atoms with Crippen molar-refractivity contribution in [2.24, 2.45) is 11.8 Å². The Balaban J connectivity index is 1.44. The van der Waals surface area contributed by atoms with Gasteiger partial charge in [0.05, 0.1) is 30.7 Å². The number of piperidine rings is 1. The number of hydrogen-bond acceptors (Lipinski definition) is 4. The minimum Gasteiger partial charge on any atom is -0.493 e. The van der Waals surface area contributed by atoms with Crippen LogP contribution < -0.4 is 10.1 Å². The van der Waals surface area contributed by atoms with E-state index in [1.807, 2.05) is 42.5 Å². The lowest BCUT2D eigenvalue weighted by Gasteiger charge is -2.41. The fraction of sp³-hybridized carbons (Fsp3) is 0.429. The van der Waals surface area contributed by atoms with E-state index in [-0.39, 0.29) is 16.9 Å². The van der Waals surface area contributed by atoms with Gasteiger partial charge in [-0.05, 0) is 78.6 Å². The molecule has 2 fully saturated rings. The van der Waals surface area contributed by atoms with Gasteiger partial charge in [-0.3, -0.25) is 9.59 Å². The highest BCUT2D eigenvalue weighted by molar-refractivity contribution is 5.98. The van der Waals surface area contributed by atoms with Gasteiger partial charge >= 0.3 is 0 Å². The molecule has 3 aromatic carbocycles. The number of likely N-dealkylation sites (tertiary alicyclic amines) is 1. The van der Waals surface area contributed by atoms with E-state index >= 15 is 0 Å². The number of anilines is 1. The number of nitrogens with zero attached hydrogens (tertiary/aromatic N) is 1. The Labute approximate surface area is 248 Å². The SMILES string of the molecule is Cc1cccc(F)c1C(=O)N1CCC[C@H](C(=O)Nc2cccc(C(C)(C)C)c2)[C@@H]1c1ccc(OCC2CCOC2)cc1. The Bertz CT molecular complexity index is 1390. The Morgan fingerprint density at radius 1 is 1.05 bits per heavy atom. The molecule has 0 radical (unpaired) electrons. The molecule has 2 aliphatic rings. The summed E-state index contributed by atoms with van der Waals surface area (Å²) in [5.41, 5.74) is 3.22. The second kappa shape index (κ2) is 12.7. The maximum atomic E-state index is 15.0. The summed E-state index contributed by atoms with van der Waals surface area (Å²) in [6, 6.07) is 19.6. The summed E-state index contributed by atoms with van der Waals surface area (Å²) in [5.74, 6) is -0.520. The van der Waals surface area contributed by atoms with Crippen LogP contribution in [0.2, 0.25) is 0 Å². The first-order valence-electron chi connectivity index (χ1n) is 14.9. The number of carbonyl (C=O) groups excluding carboxylic acids is 2. The summed E-state index contributed by atoms with van der Waals surface area (Å²) < 4.78 is 26.4. The van der Waals surface area contributed by atoms with Crippen molar-refractivity contribution in [1.29, 1.82) is 0 Å². The minimum absolute atomic E-state index is 0.0557. The van der Waals surface area contributed by atoms with Gasteiger partial charge in [0.2, 0.25) is 5.91 Å². The van der Waals surface area contributed by atoms with Crippen LogP contribution in [0, 0.1) is 24.6 Å². The van der Waals surface area contributed by atoms with Gasteiger partial charge in [0.15, 0.2) is 0 Å². The van der Waals surface area contributed by atoms with Crippen LogP contribution in [0.4, 0.5) is 10.1 Å². The van der Waals surface area contributed by atoms with E-state index in [9.17, 15) is 14.0 Å². The summed E-state index contributed by atoms with van der Waals surface area (Å²) in [6.45, 7) is 10.6. The smallest absolute Gasteiger partial charge is 0.257 e. The first-order valence-corrected chi connectivity index (χ1v) is 14.9. The second-order valence-corrected chi connectivity index (χ2v) is 12.6. The molecule has 0 aliphatic carbocycles. The number of aryl methyl sites for hydroxylation is 1. The van der Waals surface area contributed by atoms with Gasteiger partial charge in [0.1, 0.15) is 11.6 Å². The van der Waals surface area contributed by atoms with Crippen LogP contribution in [0.5, 0.6) is 5.75 Å². The molecule has 5 rings (SSSR count). The number of nitrogens with one attached hydrogen (secondary N) is 1. The number of rotatable bonds is 7. The Hall–Kier alpha value is -3.71. The molecule has 0 spiro atoms. The summed E-state index contributed by atoms with van der Waals surface area (Å²) >= 11 is 0. The van der Waals surface area contributed by atoms with Crippen molar-refractivity contribution in [1.82, 2.24) is 4.90 Å². The monoisotopic (exact) mass is 572 g/mol. The molecule has 2 saturated heterocycles. The van der Waals surface area contributed by atoms with Gasteiger partial charge in [-0.1, -0.05) is 57.2 Å². The van der Waals surface area contributed by atoms with E-state index in [2.05, 4.69) is 32.2 Å². The zero-order chi connectivity index (χ0) is 29.9. The minimum atomic E-state index is -0.562. The molecule has 2 amide bonds. The molecule has 0 aromatic heterocycles. The molecule has 3 aromatic rings. The van der Waals surface area contributed by atoms with Crippen LogP contribution in [-0.4, -0.2) is 43.1 Å². The van der Waals surface area contributed by atoms with Crippen molar-refractivity contribution in [2.75, 3.05) is 31.7 Å². The summed E-state index contributed by atoms with van der Waals surface area (Å²) in [7, 11) is 0. The highest BCUT2D eigenvalue weighted by Crippen LogP contribution is 2.39. The van der Waals surface area contributed by atoms with Crippen LogP contribution in [0.3, 0.4) is 0 Å². The third-order valence-corrected chi connectivity index (χ3v) is 8.39. The first-order chi connectivity index (χ1) is 20.1. The van der Waals surface area contributed by atoms with Gasteiger partial charge in [-0.15, -0.1) is 0 Å². The Morgan fingerprint density at radius 2 is 1.81 bits per heavy atom. The van der Waals surface area contributed by atoms with Crippen molar-refractivity contribution >= 4 is 17.5 Å². The molecule has 6 nitrogen and oxygen atoms in total.